The summed E-state index contributed by atoms with van der Waals surface area (Å²) in [4.78, 5) is 0. The summed E-state index contributed by atoms with van der Waals surface area (Å²) < 4.78 is 0. The van der Waals surface area contributed by atoms with E-state index in [1.54, 1.807) is 6.08 Å². The lowest BCUT2D eigenvalue weighted by atomic mass is 9.84. The Hall–Kier alpha value is -1.54. The summed E-state index contributed by atoms with van der Waals surface area (Å²) in [5.41, 5.74) is 1.16. The second-order valence-corrected chi connectivity index (χ2v) is 3.59. The van der Waals surface area contributed by atoms with Gasteiger partial charge in [-0.15, -0.1) is 0 Å². The van der Waals surface area contributed by atoms with Crippen molar-refractivity contribution in [1.82, 2.24) is 0 Å². The second kappa shape index (κ2) is 3.92. The minimum atomic E-state index is 0.409. The standard InChI is InChI=1S/C11H12N2/c1-8(2)9-3-4-10(6-12)11(5-9)7-13/h3-4,8-9H,5H2,1-2H3. The summed E-state index contributed by atoms with van der Waals surface area (Å²) in [6.45, 7) is 4.25. The predicted octanol–water partition coefficient (Wildman–Crippen LogP) is 2.56. The third-order valence-electron chi connectivity index (χ3n) is 2.39. The van der Waals surface area contributed by atoms with E-state index < -0.39 is 0 Å². The molecule has 13 heavy (non-hydrogen) atoms. The largest absolute Gasteiger partial charge is 0.193 e. The minimum absolute atomic E-state index is 0.409. The van der Waals surface area contributed by atoms with E-state index in [0.717, 1.165) is 0 Å². The van der Waals surface area contributed by atoms with Gasteiger partial charge in [0, 0.05) is 5.57 Å². The smallest absolute Gasteiger partial charge is 0.100 e. The van der Waals surface area contributed by atoms with E-state index in [0.29, 0.717) is 29.4 Å². The van der Waals surface area contributed by atoms with Crippen molar-refractivity contribution < 1.29 is 0 Å². The summed E-state index contributed by atoms with van der Waals surface area (Å²) in [5.74, 6) is 0.937. The molecule has 1 rings (SSSR count). The van der Waals surface area contributed by atoms with Gasteiger partial charge in [0.2, 0.25) is 0 Å². The predicted molar refractivity (Wildman–Crippen MR) is 50.3 cm³/mol. The molecule has 0 heterocycles. The molecular formula is C11H12N2. The Balaban J connectivity index is 2.90. The third kappa shape index (κ3) is 1.98. The van der Waals surface area contributed by atoms with Gasteiger partial charge in [-0.25, -0.2) is 0 Å². The van der Waals surface area contributed by atoms with Gasteiger partial charge in [-0.3, -0.25) is 0 Å². The number of nitrogens with zero attached hydrogens (tertiary/aromatic N) is 2. The number of hydrogen-bond acceptors (Lipinski definition) is 2. The Morgan fingerprint density at radius 3 is 2.54 bits per heavy atom. The molecule has 1 aliphatic carbocycles. The molecule has 0 aromatic rings. The molecule has 1 unspecified atom stereocenters. The average Bonchev–Trinajstić information content (AvgIpc) is 2.16. The van der Waals surface area contributed by atoms with Crippen LogP contribution in [0, 0.1) is 34.5 Å². The Bertz CT molecular complexity index is 334. The first-order valence-electron chi connectivity index (χ1n) is 4.40. The summed E-state index contributed by atoms with van der Waals surface area (Å²) in [7, 11) is 0. The first kappa shape index (κ1) is 9.55. The Kier molecular flexibility index (Phi) is 2.88. The summed E-state index contributed by atoms with van der Waals surface area (Å²) in [6, 6.07) is 4.13. The van der Waals surface area contributed by atoms with Gasteiger partial charge in [0.15, 0.2) is 0 Å². The first-order chi connectivity index (χ1) is 6.19. The SMILES string of the molecule is CC(C)C1C=CC(C#N)=C(C#N)C1. The maximum Gasteiger partial charge on any atom is 0.100 e. The monoisotopic (exact) mass is 172 g/mol. The van der Waals surface area contributed by atoms with Crippen molar-refractivity contribution in [3.8, 4) is 12.1 Å². The summed E-state index contributed by atoms with van der Waals surface area (Å²) >= 11 is 0. The molecule has 1 atom stereocenters. The number of rotatable bonds is 1. The van der Waals surface area contributed by atoms with Crippen LogP contribution in [-0.2, 0) is 0 Å². The maximum absolute atomic E-state index is 8.80. The molecule has 0 aromatic heterocycles. The first-order valence-corrected chi connectivity index (χ1v) is 4.40. The molecule has 0 amide bonds. The molecule has 0 saturated carbocycles. The minimum Gasteiger partial charge on any atom is -0.193 e. The Morgan fingerprint density at radius 1 is 1.38 bits per heavy atom. The quantitative estimate of drug-likeness (QED) is 0.610. The van der Waals surface area contributed by atoms with Crippen molar-refractivity contribution in [1.29, 1.82) is 10.5 Å². The maximum atomic E-state index is 8.80. The molecule has 0 radical (unpaired) electrons. The van der Waals surface area contributed by atoms with Crippen molar-refractivity contribution in [3.63, 3.8) is 0 Å². The van der Waals surface area contributed by atoms with Crippen LogP contribution >= 0.6 is 0 Å². The zero-order valence-corrected chi connectivity index (χ0v) is 7.91. The number of nitriles is 2. The van der Waals surface area contributed by atoms with E-state index >= 15 is 0 Å². The Labute approximate surface area is 78.8 Å². The van der Waals surface area contributed by atoms with Crippen LogP contribution in [0.2, 0.25) is 0 Å². The van der Waals surface area contributed by atoms with E-state index in [1.165, 1.54) is 0 Å². The average molecular weight is 172 g/mol. The highest BCUT2D eigenvalue weighted by Crippen LogP contribution is 2.27. The van der Waals surface area contributed by atoms with E-state index in [9.17, 15) is 0 Å². The lowest BCUT2D eigenvalue weighted by molar-refractivity contribution is 0.461. The van der Waals surface area contributed by atoms with Crippen molar-refractivity contribution in [3.05, 3.63) is 23.3 Å². The van der Waals surface area contributed by atoms with Crippen LogP contribution in [0.5, 0.6) is 0 Å². The fourth-order valence-corrected chi connectivity index (χ4v) is 1.40. The molecule has 0 saturated heterocycles. The normalized spacial score (nSPS) is 21.5. The van der Waals surface area contributed by atoms with Gasteiger partial charge in [0.05, 0.1) is 11.6 Å². The molecule has 0 aliphatic heterocycles. The molecule has 0 aromatic carbocycles. The second-order valence-electron chi connectivity index (χ2n) is 3.59. The molecule has 66 valence electrons. The van der Waals surface area contributed by atoms with E-state index in [-0.39, 0.29) is 0 Å². The van der Waals surface area contributed by atoms with Gasteiger partial charge in [-0.1, -0.05) is 19.9 Å². The summed E-state index contributed by atoms with van der Waals surface area (Å²) in [6.07, 6.45) is 4.52. The van der Waals surface area contributed by atoms with Crippen molar-refractivity contribution >= 4 is 0 Å². The van der Waals surface area contributed by atoms with Gasteiger partial charge in [-0.05, 0) is 24.3 Å². The van der Waals surface area contributed by atoms with Crippen molar-refractivity contribution in [2.24, 2.45) is 11.8 Å². The fourth-order valence-electron chi connectivity index (χ4n) is 1.40. The van der Waals surface area contributed by atoms with Crippen molar-refractivity contribution in [2.45, 2.75) is 20.3 Å². The van der Waals surface area contributed by atoms with Gasteiger partial charge >= 0.3 is 0 Å². The van der Waals surface area contributed by atoms with Crippen LogP contribution in [0.15, 0.2) is 23.3 Å². The zero-order valence-electron chi connectivity index (χ0n) is 7.91. The highest BCUT2D eigenvalue weighted by atomic mass is 14.3. The van der Waals surface area contributed by atoms with Crippen molar-refractivity contribution in [2.75, 3.05) is 0 Å². The molecule has 2 nitrogen and oxygen atoms in total. The molecule has 0 N–H and O–H groups in total. The fraction of sp³-hybridized carbons (Fsp3) is 0.455. The highest BCUT2D eigenvalue weighted by molar-refractivity contribution is 5.46. The number of hydrogen-bond donors (Lipinski definition) is 0. The van der Waals surface area contributed by atoms with E-state index in [2.05, 4.69) is 19.9 Å². The molecule has 0 spiro atoms. The van der Waals surface area contributed by atoms with Crippen LogP contribution in [-0.4, -0.2) is 0 Å². The van der Waals surface area contributed by atoms with Crippen LogP contribution < -0.4 is 0 Å². The zero-order chi connectivity index (χ0) is 9.84. The molecule has 0 fully saturated rings. The van der Waals surface area contributed by atoms with E-state index in [4.69, 9.17) is 10.5 Å². The Morgan fingerprint density at radius 2 is 2.08 bits per heavy atom. The molecule has 0 bridgehead atoms. The molecule has 1 aliphatic rings. The van der Waals surface area contributed by atoms with Gasteiger partial charge in [0.25, 0.3) is 0 Å². The third-order valence-corrected chi connectivity index (χ3v) is 2.39. The topological polar surface area (TPSA) is 47.6 Å². The summed E-state index contributed by atoms with van der Waals surface area (Å²) in [5, 5.41) is 17.5. The van der Waals surface area contributed by atoms with Crippen LogP contribution in [0.4, 0.5) is 0 Å². The lowest BCUT2D eigenvalue weighted by Gasteiger charge is -2.19. The van der Waals surface area contributed by atoms with Crippen LogP contribution in [0.1, 0.15) is 20.3 Å². The van der Waals surface area contributed by atoms with Gasteiger partial charge in [0.1, 0.15) is 6.07 Å². The van der Waals surface area contributed by atoms with Crippen LogP contribution in [0.25, 0.3) is 0 Å². The van der Waals surface area contributed by atoms with Crippen LogP contribution in [0.3, 0.4) is 0 Å². The number of allylic oxidation sites excluding steroid dienone is 4. The van der Waals surface area contributed by atoms with Gasteiger partial charge in [-0.2, -0.15) is 10.5 Å². The molecule has 2 heteroatoms. The molecular weight excluding hydrogens is 160 g/mol. The van der Waals surface area contributed by atoms with E-state index in [1.807, 2.05) is 12.1 Å². The highest BCUT2D eigenvalue weighted by Gasteiger charge is 2.18. The van der Waals surface area contributed by atoms with Gasteiger partial charge < -0.3 is 0 Å². The lowest BCUT2D eigenvalue weighted by Crippen LogP contribution is -2.10.